The van der Waals surface area contributed by atoms with E-state index < -0.39 is 20.7 Å². The number of ether oxygens (including phenoxy) is 2. The molecule has 154 valence electrons. The average molecular weight is 416 g/mol. The third-order valence-electron chi connectivity index (χ3n) is 5.41. The summed E-state index contributed by atoms with van der Waals surface area (Å²) in [5.74, 6) is 0.654. The van der Waals surface area contributed by atoms with E-state index in [-0.39, 0.29) is 12.0 Å². The van der Waals surface area contributed by atoms with E-state index in [9.17, 15) is 13.2 Å². The van der Waals surface area contributed by atoms with E-state index in [1.165, 1.54) is 4.31 Å². The highest BCUT2D eigenvalue weighted by molar-refractivity contribution is 7.95. The van der Waals surface area contributed by atoms with Gasteiger partial charge < -0.3 is 14.8 Å². The zero-order valence-electron chi connectivity index (χ0n) is 16.6. The summed E-state index contributed by atoms with van der Waals surface area (Å²) in [5.41, 5.74) is 1.09. The molecule has 0 radical (unpaired) electrons. The number of benzene rings is 2. The van der Waals surface area contributed by atoms with Crippen LogP contribution in [0.4, 0.5) is 11.4 Å². The van der Waals surface area contributed by atoms with Gasteiger partial charge in [0.15, 0.2) is 4.75 Å². The predicted octanol–water partition coefficient (Wildman–Crippen LogP) is 3.03. The molecule has 1 N–H and O–H groups in total. The van der Waals surface area contributed by atoms with Crippen molar-refractivity contribution in [2.75, 3.05) is 23.3 Å². The van der Waals surface area contributed by atoms with Crippen LogP contribution in [-0.4, -0.2) is 38.8 Å². The Bertz CT molecular complexity index is 1020. The molecule has 1 saturated heterocycles. The number of hydrogen-bond acceptors (Lipinski definition) is 5. The standard InChI is InChI=1S/C21H24N2O5S/c1-14(2)28-19-8-4-16(5-9-19)22-20(24)21-12-15(21)13-23(29(21,25)26)17-6-10-18(27-3)11-7-17/h4-11,14-15H,12-13H2,1-3H3,(H,22,24)/t15-,21+/m0/s1. The molecule has 2 aliphatic rings. The van der Waals surface area contributed by atoms with Crippen molar-refractivity contribution in [3.8, 4) is 11.5 Å². The third kappa shape index (κ3) is 3.21. The minimum atomic E-state index is -3.81. The van der Waals surface area contributed by atoms with E-state index in [1.54, 1.807) is 55.6 Å². The molecule has 29 heavy (non-hydrogen) atoms. The maximum absolute atomic E-state index is 13.2. The van der Waals surface area contributed by atoms with Gasteiger partial charge in [-0.05, 0) is 68.8 Å². The molecule has 2 atom stereocenters. The van der Waals surface area contributed by atoms with Gasteiger partial charge in [-0.15, -0.1) is 0 Å². The second-order valence-corrected chi connectivity index (χ2v) is 9.79. The number of sulfonamides is 1. The number of amides is 1. The molecule has 2 fully saturated rings. The quantitative estimate of drug-likeness (QED) is 0.782. The van der Waals surface area contributed by atoms with Crippen LogP contribution in [0.1, 0.15) is 20.3 Å². The number of anilines is 2. The lowest BCUT2D eigenvalue weighted by atomic mass is 10.2. The zero-order valence-corrected chi connectivity index (χ0v) is 17.4. The zero-order chi connectivity index (χ0) is 20.8. The van der Waals surface area contributed by atoms with Crippen LogP contribution in [-0.2, 0) is 14.8 Å². The Morgan fingerprint density at radius 3 is 2.31 bits per heavy atom. The molecule has 8 heteroatoms. The van der Waals surface area contributed by atoms with E-state index >= 15 is 0 Å². The van der Waals surface area contributed by atoms with Gasteiger partial charge in [0.1, 0.15) is 11.5 Å². The molecule has 1 saturated carbocycles. The van der Waals surface area contributed by atoms with Gasteiger partial charge in [0.05, 0.1) is 18.9 Å². The van der Waals surface area contributed by atoms with Crippen molar-refractivity contribution in [2.24, 2.45) is 5.92 Å². The molecule has 1 amide bonds. The predicted molar refractivity (Wildman–Crippen MR) is 111 cm³/mol. The van der Waals surface area contributed by atoms with Crippen LogP contribution in [0, 0.1) is 5.92 Å². The van der Waals surface area contributed by atoms with Crippen LogP contribution >= 0.6 is 0 Å². The Labute approximate surface area is 170 Å². The summed E-state index contributed by atoms with van der Waals surface area (Å²) in [4.78, 5) is 13.0. The number of hydrogen-bond donors (Lipinski definition) is 1. The van der Waals surface area contributed by atoms with Gasteiger partial charge in [0.2, 0.25) is 15.9 Å². The number of carbonyl (C=O) groups is 1. The Balaban J connectivity index is 1.52. The van der Waals surface area contributed by atoms with Crippen molar-refractivity contribution in [1.82, 2.24) is 0 Å². The summed E-state index contributed by atoms with van der Waals surface area (Å²) in [6.45, 7) is 4.17. The minimum Gasteiger partial charge on any atom is -0.497 e. The van der Waals surface area contributed by atoms with Gasteiger partial charge in [-0.25, -0.2) is 8.42 Å². The summed E-state index contributed by atoms with van der Waals surface area (Å²) in [5, 5.41) is 2.77. The van der Waals surface area contributed by atoms with Crippen molar-refractivity contribution in [1.29, 1.82) is 0 Å². The molecule has 2 aromatic carbocycles. The lowest BCUT2D eigenvalue weighted by Crippen LogP contribution is -2.42. The monoisotopic (exact) mass is 416 g/mol. The van der Waals surface area contributed by atoms with Crippen LogP contribution in [0.2, 0.25) is 0 Å². The summed E-state index contributed by atoms with van der Waals surface area (Å²) in [6.07, 6.45) is 0.400. The van der Waals surface area contributed by atoms with Gasteiger partial charge in [0.25, 0.3) is 0 Å². The second kappa shape index (κ2) is 6.95. The maximum atomic E-state index is 13.2. The first-order valence-corrected chi connectivity index (χ1v) is 11.0. The van der Waals surface area contributed by atoms with Crippen LogP contribution in [0.3, 0.4) is 0 Å². The summed E-state index contributed by atoms with van der Waals surface area (Å²) in [7, 11) is -2.26. The van der Waals surface area contributed by atoms with E-state index in [0.29, 0.717) is 35.8 Å². The number of fused-ring (bicyclic) bond motifs is 1. The molecule has 4 rings (SSSR count). The molecule has 0 aromatic heterocycles. The van der Waals surface area contributed by atoms with Gasteiger partial charge >= 0.3 is 0 Å². The average Bonchev–Trinajstić information content (AvgIpc) is 3.38. The fourth-order valence-corrected chi connectivity index (χ4v) is 6.21. The molecule has 0 bridgehead atoms. The van der Waals surface area contributed by atoms with Gasteiger partial charge in [-0.2, -0.15) is 0 Å². The largest absolute Gasteiger partial charge is 0.497 e. The van der Waals surface area contributed by atoms with E-state index in [1.807, 2.05) is 13.8 Å². The number of nitrogens with zero attached hydrogens (tertiary/aromatic N) is 1. The number of methoxy groups -OCH3 is 1. The topological polar surface area (TPSA) is 84.9 Å². The van der Waals surface area contributed by atoms with Crippen LogP contribution in [0.25, 0.3) is 0 Å². The van der Waals surface area contributed by atoms with E-state index in [2.05, 4.69) is 5.32 Å². The van der Waals surface area contributed by atoms with Gasteiger partial charge in [-0.3, -0.25) is 9.10 Å². The fourth-order valence-electron chi connectivity index (χ4n) is 3.84. The first-order chi connectivity index (χ1) is 13.8. The molecule has 0 spiro atoms. The number of carbonyl (C=O) groups excluding carboxylic acids is 1. The van der Waals surface area contributed by atoms with Gasteiger partial charge in [-0.1, -0.05) is 0 Å². The smallest absolute Gasteiger partial charge is 0.250 e. The SMILES string of the molecule is COc1ccc(N2C[C@@H]3C[C@@]3(C(=O)Nc3ccc(OC(C)C)cc3)S2(=O)=O)cc1. The molecule has 1 heterocycles. The summed E-state index contributed by atoms with van der Waals surface area (Å²) in [6, 6.07) is 13.7. The lowest BCUT2D eigenvalue weighted by Gasteiger charge is -2.23. The third-order valence-corrected chi connectivity index (χ3v) is 7.96. The Morgan fingerprint density at radius 2 is 1.72 bits per heavy atom. The maximum Gasteiger partial charge on any atom is 0.250 e. The molecule has 0 unspecified atom stereocenters. The van der Waals surface area contributed by atoms with Crippen LogP contribution < -0.4 is 19.1 Å². The van der Waals surface area contributed by atoms with Crippen molar-refractivity contribution in [2.45, 2.75) is 31.1 Å². The van der Waals surface area contributed by atoms with Crippen LogP contribution in [0.5, 0.6) is 11.5 Å². The van der Waals surface area contributed by atoms with Crippen LogP contribution in [0.15, 0.2) is 48.5 Å². The summed E-state index contributed by atoms with van der Waals surface area (Å²) >= 11 is 0. The highest BCUT2D eigenvalue weighted by Crippen LogP contribution is 2.58. The van der Waals surface area contributed by atoms with E-state index in [0.717, 1.165) is 0 Å². The number of nitrogens with one attached hydrogen (secondary N) is 1. The Kier molecular flexibility index (Phi) is 4.69. The molecule has 1 aliphatic heterocycles. The Morgan fingerprint density at radius 1 is 1.10 bits per heavy atom. The van der Waals surface area contributed by atoms with Crippen molar-refractivity contribution < 1.29 is 22.7 Å². The molecule has 2 aromatic rings. The first kappa shape index (κ1) is 19.6. The summed E-state index contributed by atoms with van der Waals surface area (Å²) < 4.78 is 37.1. The van der Waals surface area contributed by atoms with Crippen molar-refractivity contribution in [3.05, 3.63) is 48.5 Å². The Hall–Kier alpha value is -2.74. The first-order valence-electron chi connectivity index (χ1n) is 9.52. The van der Waals surface area contributed by atoms with Crippen molar-refractivity contribution in [3.63, 3.8) is 0 Å². The number of rotatable bonds is 6. The van der Waals surface area contributed by atoms with Crippen molar-refractivity contribution >= 4 is 27.3 Å². The molecular weight excluding hydrogens is 392 g/mol. The highest BCUT2D eigenvalue weighted by Gasteiger charge is 2.75. The molecule has 7 nitrogen and oxygen atoms in total. The normalized spacial score (nSPS) is 24.1. The molecular formula is C21H24N2O5S. The van der Waals surface area contributed by atoms with Gasteiger partial charge in [0, 0.05) is 18.2 Å². The lowest BCUT2D eigenvalue weighted by molar-refractivity contribution is -0.116. The second-order valence-electron chi connectivity index (χ2n) is 7.67. The fraction of sp³-hybridized carbons (Fsp3) is 0.381. The molecule has 1 aliphatic carbocycles. The van der Waals surface area contributed by atoms with E-state index in [4.69, 9.17) is 9.47 Å². The highest BCUT2D eigenvalue weighted by atomic mass is 32.2. The minimum absolute atomic E-state index is 0.0501.